The van der Waals surface area contributed by atoms with E-state index in [-0.39, 0.29) is 0 Å². The summed E-state index contributed by atoms with van der Waals surface area (Å²) in [4.78, 5) is 2.38. The summed E-state index contributed by atoms with van der Waals surface area (Å²) < 4.78 is 12.6. The predicted molar refractivity (Wildman–Crippen MR) is 238 cm³/mol. The van der Waals surface area contributed by atoms with Gasteiger partial charge in [0.1, 0.15) is 22.3 Å². The van der Waals surface area contributed by atoms with Crippen LogP contribution in [0.5, 0.6) is 0 Å². The van der Waals surface area contributed by atoms with E-state index >= 15 is 0 Å². The Kier molecular flexibility index (Phi) is 7.14. The number of furan rings is 2. The van der Waals surface area contributed by atoms with E-state index in [0.29, 0.717) is 0 Å². The van der Waals surface area contributed by atoms with Crippen LogP contribution >= 0.6 is 0 Å². The van der Waals surface area contributed by atoms with Gasteiger partial charge in [0.25, 0.3) is 0 Å². The van der Waals surface area contributed by atoms with Crippen molar-refractivity contribution in [2.75, 3.05) is 4.90 Å². The maximum atomic E-state index is 6.29. The molecule has 9 aromatic carbocycles. The van der Waals surface area contributed by atoms with Crippen molar-refractivity contribution in [3.05, 3.63) is 235 Å². The second-order valence-electron chi connectivity index (χ2n) is 15.2. The zero-order chi connectivity index (χ0) is 38.2. The molecule has 3 heteroatoms. The van der Waals surface area contributed by atoms with E-state index in [2.05, 4.69) is 193 Å². The van der Waals surface area contributed by atoms with Crippen LogP contribution in [-0.2, 0) is 5.41 Å². The summed E-state index contributed by atoms with van der Waals surface area (Å²) in [5, 5.41) is 4.46. The third kappa shape index (κ3) is 4.80. The minimum atomic E-state index is -0.463. The van der Waals surface area contributed by atoms with Crippen molar-refractivity contribution in [1.29, 1.82) is 0 Å². The van der Waals surface area contributed by atoms with Gasteiger partial charge >= 0.3 is 0 Å². The van der Waals surface area contributed by atoms with Crippen molar-refractivity contribution in [2.24, 2.45) is 0 Å². The van der Waals surface area contributed by atoms with Gasteiger partial charge in [-0.3, -0.25) is 0 Å². The van der Waals surface area contributed by atoms with E-state index in [1.807, 2.05) is 24.3 Å². The lowest BCUT2D eigenvalue weighted by Crippen LogP contribution is -2.28. The van der Waals surface area contributed by atoms with E-state index in [9.17, 15) is 0 Å². The summed E-state index contributed by atoms with van der Waals surface area (Å²) in [5.74, 6) is 0. The highest BCUT2D eigenvalue weighted by Crippen LogP contribution is 2.57. The number of nitrogens with zero attached hydrogens (tertiary/aromatic N) is 1. The molecule has 0 aliphatic heterocycles. The first-order valence-corrected chi connectivity index (χ1v) is 19.8. The molecule has 0 atom stereocenters. The molecule has 1 aliphatic rings. The first kappa shape index (κ1) is 32.6. The minimum absolute atomic E-state index is 0.463. The molecular weight excluding hydrogens is 707 g/mol. The molecule has 12 rings (SSSR count). The van der Waals surface area contributed by atoms with Crippen LogP contribution in [0.15, 0.2) is 221 Å². The molecule has 0 spiro atoms. The number of hydrogen-bond acceptors (Lipinski definition) is 3. The van der Waals surface area contributed by atoms with Crippen molar-refractivity contribution in [3.63, 3.8) is 0 Å². The lowest BCUT2D eigenvalue weighted by Gasteiger charge is -2.34. The molecular formula is C55H35NO2. The Hall–Kier alpha value is -7.62. The monoisotopic (exact) mass is 741 g/mol. The Balaban J connectivity index is 1.04. The van der Waals surface area contributed by atoms with Gasteiger partial charge in [-0.05, 0) is 111 Å². The van der Waals surface area contributed by atoms with Gasteiger partial charge in [0.2, 0.25) is 0 Å². The Morgan fingerprint density at radius 1 is 0.310 bits per heavy atom. The third-order valence-electron chi connectivity index (χ3n) is 12.2. The molecule has 58 heavy (non-hydrogen) atoms. The largest absolute Gasteiger partial charge is 0.456 e. The van der Waals surface area contributed by atoms with E-state index < -0.39 is 5.41 Å². The third-order valence-corrected chi connectivity index (χ3v) is 12.2. The quantitative estimate of drug-likeness (QED) is 0.170. The summed E-state index contributed by atoms with van der Waals surface area (Å²) >= 11 is 0. The second kappa shape index (κ2) is 12.7. The van der Waals surface area contributed by atoms with Crippen molar-refractivity contribution in [1.82, 2.24) is 0 Å². The number of benzene rings is 9. The lowest BCUT2D eigenvalue weighted by molar-refractivity contribution is 0.668. The zero-order valence-corrected chi connectivity index (χ0v) is 31.5. The summed E-state index contributed by atoms with van der Waals surface area (Å²) in [7, 11) is 0. The molecule has 272 valence electrons. The summed E-state index contributed by atoms with van der Waals surface area (Å²) in [6, 6.07) is 76.4. The standard InChI is InChI=1S/C55H35NO2/c1-3-13-38(14-4-1)55(39-15-5-2-6-16-39)49-20-10-7-17-43(49)47-34-41(28-31-50(47)55)56(42-29-32-53-48(35-42)45-19-9-12-22-52(45)57-53)40-26-23-36(24-27-40)37-25-30-46-44-18-8-11-21-51(44)58-54(46)33-37/h1-35H. The molecule has 3 nitrogen and oxygen atoms in total. The van der Waals surface area contributed by atoms with Crippen LogP contribution in [0.4, 0.5) is 17.1 Å². The SMILES string of the molecule is c1ccc(C2(c3ccccc3)c3ccccc3-c3cc(N(c4ccc(-c5ccc6c(c5)oc5ccccc56)cc4)c4ccc5oc6ccccc6c5c4)ccc32)cc1. The van der Waals surface area contributed by atoms with Crippen LogP contribution in [0, 0.1) is 0 Å². The highest BCUT2D eigenvalue weighted by Gasteiger charge is 2.46. The summed E-state index contributed by atoms with van der Waals surface area (Å²) in [6.07, 6.45) is 0. The molecule has 0 saturated carbocycles. The number of anilines is 3. The van der Waals surface area contributed by atoms with Crippen molar-refractivity contribution < 1.29 is 8.83 Å². The van der Waals surface area contributed by atoms with Gasteiger partial charge in [0.05, 0.1) is 5.41 Å². The molecule has 0 saturated heterocycles. The molecule has 0 amide bonds. The van der Waals surface area contributed by atoms with Crippen LogP contribution in [0.1, 0.15) is 22.3 Å². The molecule has 0 bridgehead atoms. The maximum Gasteiger partial charge on any atom is 0.136 e. The fourth-order valence-corrected chi connectivity index (χ4v) is 9.58. The van der Waals surface area contributed by atoms with Gasteiger partial charge in [-0.1, -0.05) is 146 Å². The maximum absolute atomic E-state index is 6.29. The normalized spacial score (nSPS) is 13.0. The van der Waals surface area contributed by atoms with Crippen LogP contribution < -0.4 is 4.90 Å². The number of hydrogen-bond donors (Lipinski definition) is 0. The molecule has 11 aromatic rings. The van der Waals surface area contributed by atoms with E-state index in [1.54, 1.807) is 0 Å². The molecule has 0 N–H and O–H groups in total. The van der Waals surface area contributed by atoms with Crippen LogP contribution in [-0.4, -0.2) is 0 Å². The number of rotatable bonds is 6. The van der Waals surface area contributed by atoms with Crippen LogP contribution in [0.3, 0.4) is 0 Å². The minimum Gasteiger partial charge on any atom is -0.456 e. The summed E-state index contributed by atoms with van der Waals surface area (Å²) in [6.45, 7) is 0. The topological polar surface area (TPSA) is 29.5 Å². The molecule has 0 unspecified atom stereocenters. The van der Waals surface area contributed by atoms with Crippen molar-refractivity contribution in [3.8, 4) is 22.3 Å². The van der Waals surface area contributed by atoms with Gasteiger partial charge in [-0.2, -0.15) is 0 Å². The van der Waals surface area contributed by atoms with Crippen LogP contribution in [0.2, 0.25) is 0 Å². The average Bonchev–Trinajstić information content (AvgIpc) is 3.95. The van der Waals surface area contributed by atoms with Gasteiger partial charge in [-0.25, -0.2) is 0 Å². The Labute approximate surface area is 335 Å². The van der Waals surface area contributed by atoms with Gasteiger partial charge in [-0.15, -0.1) is 0 Å². The van der Waals surface area contributed by atoms with Gasteiger partial charge in [0.15, 0.2) is 0 Å². The zero-order valence-electron chi connectivity index (χ0n) is 31.5. The van der Waals surface area contributed by atoms with Crippen LogP contribution in [0.25, 0.3) is 66.1 Å². The van der Waals surface area contributed by atoms with Gasteiger partial charge < -0.3 is 13.7 Å². The molecule has 0 fully saturated rings. The fourth-order valence-electron chi connectivity index (χ4n) is 9.58. The van der Waals surface area contributed by atoms with Crippen molar-refractivity contribution >= 4 is 60.9 Å². The lowest BCUT2D eigenvalue weighted by atomic mass is 9.68. The van der Waals surface area contributed by atoms with E-state index in [1.165, 1.54) is 33.4 Å². The summed E-state index contributed by atoms with van der Waals surface area (Å²) in [5.41, 5.74) is 16.1. The smallest absolute Gasteiger partial charge is 0.136 e. The Bertz CT molecular complexity index is 3300. The fraction of sp³-hybridized carbons (Fsp3) is 0.0182. The molecule has 0 radical (unpaired) electrons. The molecule has 2 aromatic heterocycles. The highest BCUT2D eigenvalue weighted by molar-refractivity contribution is 6.07. The molecule has 2 heterocycles. The van der Waals surface area contributed by atoms with Gasteiger partial charge in [0, 0.05) is 38.6 Å². The number of para-hydroxylation sites is 2. The average molecular weight is 742 g/mol. The second-order valence-corrected chi connectivity index (χ2v) is 15.2. The first-order chi connectivity index (χ1) is 28.7. The Morgan fingerprint density at radius 2 is 0.828 bits per heavy atom. The number of fused-ring (bicyclic) bond motifs is 9. The van der Waals surface area contributed by atoms with Crippen molar-refractivity contribution in [2.45, 2.75) is 5.41 Å². The molecule has 1 aliphatic carbocycles. The van der Waals surface area contributed by atoms with E-state index in [0.717, 1.165) is 72.1 Å². The Morgan fingerprint density at radius 3 is 1.57 bits per heavy atom. The van der Waals surface area contributed by atoms with E-state index in [4.69, 9.17) is 8.83 Å². The highest BCUT2D eigenvalue weighted by atomic mass is 16.3. The first-order valence-electron chi connectivity index (χ1n) is 19.8. The predicted octanol–water partition coefficient (Wildman–Crippen LogP) is 15.0.